The van der Waals surface area contributed by atoms with Crippen LogP contribution in [0.1, 0.15) is 46.0 Å². The first-order valence-corrected chi connectivity index (χ1v) is 7.18. The standard InChI is InChI=1S/C12H23NS/c1-12(2)7-3-6-11(12)13-10-5-4-8-14-9-10/h10-11,13H,3-9H2,1-2H3. The smallest absolute Gasteiger partial charge is 0.0161 e. The topological polar surface area (TPSA) is 12.0 Å². The Bertz CT molecular complexity index is 185. The summed E-state index contributed by atoms with van der Waals surface area (Å²) in [6, 6.07) is 1.59. The van der Waals surface area contributed by atoms with Gasteiger partial charge in [0.25, 0.3) is 0 Å². The third-order valence-corrected chi connectivity index (χ3v) is 5.07. The summed E-state index contributed by atoms with van der Waals surface area (Å²) in [6.45, 7) is 4.85. The fourth-order valence-electron chi connectivity index (χ4n) is 2.79. The van der Waals surface area contributed by atoms with Gasteiger partial charge in [0.2, 0.25) is 0 Å². The Morgan fingerprint density at radius 1 is 1.21 bits per heavy atom. The second kappa shape index (κ2) is 4.44. The molecule has 1 heterocycles. The van der Waals surface area contributed by atoms with Crippen molar-refractivity contribution in [3.8, 4) is 0 Å². The van der Waals surface area contributed by atoms with Gasteiger partial charge in [-0.05, 0) is 36.9 Å². The molecule has 0 radical (unpaired) electrons. The van der Waals surface area contributed by atoms with E-state index in [0.29, 0.717) is 5.41 Å². The van der Waals surface area contributed by atoms with Crippen LogP contribution in [0, 0.1) is 5.41 Å². The van der Waals surface area contributed by atoms with E-state index in [4.69, 9.17) is 0 Å². The molecule has 0 amide bonds. The van der Waals surface area contributed by atoms with Crippen LogP contribution in [0.2, 0.25) is 0 Å². The molecular weight excluding hydrogens is 190 g/mol. The van der Waals surface area contributed by atoms with E-state index in [2.05, 4.69) is 30.9 Å². The van der Waals surface area contributed by atoms with E-state index in [1.165, 1.54) is 43.6 Å². The Morgan fingerprint density at radius 2 is 2.07 bits per heavy atom. The monoisotopic (exact) mass is 213 g/mol. The SMILES string of the molecule is CC1(C)CCCC1NC1CCCSC1. The third-order valence-electron chi connectivity index (χ3n) is 3.85. The summed E-state index contributed by atoms with van der Waals surface area (Å²) in [7, 11) is 0. The van der Waals surface area contributed by atoms with Crippen LogP contribution in [0.5, 0.6) is 0 Å². The predicted molar refractivity (Wildman–Crippen MR) is 64.9 cm³/mol. The maximum Gasteiger partial charge on any atom is 0.0161 e. The first-order valence-electron chi connectivity index (χ1n) is 6.02. The highest BCUT2D eigenvalue weighted by Crippen LogP contribution is 2.37. The van der Waals surface area contributed by atoms with E-state index in [0.717, 1.165) is 12.1 Å². The van der Waals surface area contributed by atoms with Gasteiger partial charge in [-0.3, -0.25) is 0 Å². The van der Waals surface area contributed by atoms with Gasteiger partial charge in [-0.1, -0.05) is 20.3 Å². The molecule has 1 aliphatic heterocycles. The van der Waals surface area contributed by atoms with Crippen molar-refractivity contribution < 1.29 is 0 Å². The molecule has 1 nitrogen and oxygen atoms in total. The molecule has 0 aromatic rings. The maximum absolute atomic E-state index is 3.89. The molecule has 14 heavy (non-hydrogen) atoms. The summed E-state index contributed by atoms with van der Waals surface area (Å²) in [4.78, 5) is 0. The molecule has 82 valence electrons. The molecular formula is C12H23NS. The zero-order chi connectivity index (χ0) is 10.0. The quantitative estimate of drug-likeness (QED) is 0.756. The van der Waals surface area contributed by atoms with Gasteiger partial charge >= 0.3 is 0 Å². The van der Waals surface area contributed by atoms with Crippen LogP contribution in [0.25, 0.3) is 0 Å². The van der Waals surface area contributed by atoms with Crippen LogP contribution in [0.3, 0.4) is 0 Å². The predicted octanol–water partition coefficient (Wildman–Crippen LogP) is 3.05. The molecule has 2 rings (SSSR count). The Labute approximate surface area is 92.4 Å². The van der Waals surface area contributed by atoms with E-state index < -0.39 is 0 Å². The molecule has 2 unspecified atom stereocenters. The second-order valence-corrected chi connectivity index (χ2v) is 6.66. The first-order chi connectivity index (χ1) is 6.68. The van der Waals surface area contributed by atoms with Crippen molar-refractivity contribution in [1.29, 1.82) is 0 Å². The van der Waals surface area contributed by atoms with Crippen LogP contribution in [0.15, 0.2) is 0 Å². The fraction of sp³-hybridized carbons (Fsp3) is 1.00. The summed E-state index contributed by atoms with van der Waals surface area (Å²) < 4.78 is 0. The molecule has 1 N–H and O–H groups in total. The summed E-state index contributed by atoms with van der Waals surface area (Å²) in [6.07, 6.45) is 7.04. The summed E-state index contributed by atoms with van der Waals surface area (Å²) in [5.41, 5.74) is 0.544. The first kappa shape index (κ1) is 10.8. The lowest BCUT2D eigenvalue weighted by Gasteiger charge is -2.33. The minimum Gasteiger partial charge on any atom is -0.310 e. The van der Waals surface area contributed by atoms with Crippen LogP contribution in [0.4, 0.5) is 0 Å². The Hall–Kier alpha value is 0.310. The van der Waals surface area contributed by atoms with Crippen LogP contribution in [-0.4, -0.2) is 23.6 Å². The lowest BCUT2D eigenvalue weighted by molar-refractivity contribution is 0.261. The van der Waals surface area contributed by atoms with Gasteiger partial charge < -0.3 is 5.32 Å². The average Bonchev–Trinajstić information content (AvgIpc) is 2.48. The molecule has 1 saturated carbocycles. The van der Waals surface area contributed by atoms with Gasteiger partial charge in [0, 0.05) is 17.8 Å². The van der Waals surface area contributed by atoms with Crippen molar-refractivity contribution in [3.05, 3.63) is 0 Å². The van der Waals surface area contributed by atoms with Gasteiger partial charge in [0.05, 0.1) is 0 Å². The maximum atomic E-state index is 3.89. The Kier molecular flexibility index (Phi) is 3.43. The number of rotatable bonds is 2. The third kappa shape index (κ3) is 2.46. The van der Waals surface area contributed by atoms with Gasteiger partial charge in [-0.2, -0.15) is 11.8 Å². The van der Waals surface area contributed by atoms with Crippen molar-refractivity contribution >= 4 is 11.8 Å². The summed E-state index contributed by atoms with van der Waals surface area (Å²) in [5, 5.41) is 3.89. The van der Waals surface area contributed by atoms with E-state index in [9.17, 15) is 0 Å². The van der Waals surface area contributed by atoms with Gasteiger partial charge in [0.1, 0.15) is 0 Å². The zero-order valence-electron chi connectivity index (χ0n) is 9.51. The highest BCUT2D eigenvalue weighted by Gasteiger charge is 2.35. The zero-order valence-corrected chi connectivity index (χ0v) is 10.3. The van der Waals surface area contributed by atoms with Crippen molar-refractivity contribution in [3.63, 3.8) is 0 Å². The minimum absolute atomic E-state index is 0.544. The molecule has 2 heteroatoms. The van der Waals surface area contributed by atoms with Crippen molar-refractivity contribution in [2.45, 2.75) is 58.0 Å². The van der Waals surface area contributed by atoms with E-state index in [-0.39, 0.29) is 0 Å². The van der Waals surface area contributed by atoms with Gasteiger partial charge in [0.15, 0.2) is 0 Å². The van der Waals surface area contributed by atoms with Crippen molar-refractivity contribution in [1.82, 2.24) is 5.32 Å². The van der Waals surface area contributed by atoms with E-state index in [1.54, 1.807) is 0 Å². The molecule has 1 aliphatic carbocycles. The molecule has 2 aliphatic rings. The number of hydrogen-bond donors (Lipinski definition) is 1. The Balaban J connectivity index is 1.83. The number of nitrogens with one attached hydrogen (secondary N) is 1. The second-order valence-electron chi connectivity index (χ2n) is 5.51. The Morgan fingerprint density at radius 3 is 2.64 bits per heavy atom. The molecule has 0 aromatic carbocycles. The highest BCUT2D eigenvalue weighted by molar-refractivity contribution is 7.99. The van der Waals surface area contributed by atoms with Crippen molar-refractivity contribution in [2.75, 3.05) is 11.5 Å². The van der Waals surface area contributed by atoms with Gasteiger partial charge in [-0.15, -0.1) is 0 Å². The molecule has 0 aromatic heterocycles. The highest BCUT2D eigenvalue weighted by atomic mass is 32.2. The van der Waals surface area contributed by atoms with Crippen LogP contribution >= 0.6 is 11.8 Å². The van der Waals surface area contributed by atoms with Gasteiger partial charge in [-0.25, -0.2) is 0 Å². The average molecular weight is 213 g/mol. The molecule has 2 fully saturated rings. The minimum atomic E-state index is 0.544. The summed E-state index contributed by atoms with van der Waals surface area (Å²) in [5.74, 6) is 2.72. The molecule has 0 spiro atoms. The van der Waals surface area contributed by atoms with Crippen LogP contribution in [-0.2, 0) is 0 Å². The normalized spacial score (nSPS) is 37.3. The fourth-order valence-corrected chi connectivity index (χ4v) is 3.88. The number of hydrogen-bond acceptors (Lipinski definition) is 2. The van der Waals surface area contributed by atoms with E-state index in [1.807, 2.05) is 0 Å². The molecule has 2 atom stereocenters. The van der Waals surface area contributed by atoms with Crippen LogP contribution < -0.4 is 5.32 Å². The molecule has 0 bridgehead atoms. The molecule has 1 saturated heterocycles. The lowest BCUT2D eigenvalue weighted by atomic mass is 9.87. The number of thioether (sulfide) groups is 1. The largest absolute Gasteiger partial charge is 0.310 e. The van der Waals surface area contributed by atoms with E-state index >= 15 is 0 Å². The lowest BCUT2D eigenvalue weighted by Crippen LogP contribution is -2.46. The van der Waals surface area contributed by atoms with Crippen molar-refractivity contribution in [2.24, 2.45) is 5.41 Å². The summed E-state index contributed by atoms with van der Waals surface area (Å²) >= 11 is 2.12.